The van der Waals surface area contributed by atoms with Crippen LogP contribution in [0.5, 0.6) is 5.75 Å². The van der Waals surface area contributed by atoms with E-state index in [1.165, 1.54) is 12.1 Å². The third kappa shape index (κ3) is 3.05. The van der Waals surface area contributed by atoms with Gasteiger partial charge in [-0.1, -0.05) is 24.3 Å². The Morgan fingerprint density at radius 1 is 0.760 bits per heavy atom. The smallest absolute Gasteiger partial charge is 0.123 e. The van der Waals surface area contributed by atoms with E-state index in [9.17, 15) is 13.9 Å². The van der Waals surface area contributed by atoms with Crippen molar-refractivity contribution < 1.29 is 13.9 Å². The molecular formula is C22H16F2O. The van der Waals surface area contributed by atoms with E-state index in [0.717, 1.165) is 33.4 Å². The first-order valence-electron chi connectivity index (χ1n) is 8.18. The summed E-state index contributed by atoms with van der Waals surface area (Å²) in [6.45, 7) is 0. The number of phenols is 1. The maximum atomic E-state index is 13.7. The molecule has 0 radical (unpaired) electrons. The van der Waals surface area contributed by atoms with Gasteiger partial charge in [-0.3, -0.25) is 0 Å². The molecule has 3 heteroatoms. The molecule has 0 heterocycles. The fourth-order valence-corrected chi connectivity index (χ4v) is 3.41. The molecule has 124 valence electrons. The highest BCUT2D eigenvalue weighted by Gasteiger charge is 2.19. The van der Waals surface area contributed by atoms with E-state index >= 15 is 0 Å². The Kier molecular flexibility index (Phi) is 3.85. The molecule has 0 saturated carbocycles. The van der Waals surface area contributed by atoms with Crippen molar-refractivity contribution in [1.29, 1.82) is 0 Å². The number of halogens is 2. The molecule has 0 fully saturated rings. The summed E-state index contributed by atoms with van der Waals surface area (Å²) in [6.07, 6.45) is 3.26. The molecular weight excluding hydrogens is 318 g/mol. The standard InChI is InChI=1S/C22H16F2O/c23-17-6-8-20-15(12-17)4-5-16-13-18(24)7-9-21(16)22(20)11-14-2-1-3-19(25)10-14/h1-3,6-13,25H,4-5H2. The first-order valence-corrected chi connectivity index (χ1v) is 8.18. The van der Waals surface area contributed by atoms with Crippen LogP contribution in [0.15, 0.2) is 60.7 Å². The van der Waals surface area contributed by atoms with Crippen LogP contribution in [0, 0.1) is 11.6 Å². The quantitative estimate of drug-likeness (QED) is 0.635. The van der Waals surface area contributed by atoms with E-state index in [2.05, 4.69) is 0 Å². The molecule has 0 atom stereocenters. The van der Waals surface area contributed by atoms with Crippen LogP contribution in [0.1, 0.15) is 27.8 Å². The monoisotopic (exact) mass is 334 g/mol. The van der Waals surface area contributed by atoms with Gasteiger partial charge < -0.3 is 5.11 Å². The Morgan fingerprint density at radius 3 is 1.92 bits per heavy atom. The Bertz CT molecular complexity index is 934. The third-order valence-electron chi connectivity index (χ3n) is 4.56. The Hall–Kier alpha value is -2.94. The van der Waals surface area contributed by atoms with Crippen molar-refractivity contribution in [2.24, 2.45) is 0 Å². The van der Waals surface area contributed by atoms with Gasteiger partial charge >= 0.3 is 0 Å². The predicted molar refractivity (Wildman–Crippen MR) is 95.3 cm³/mol. The summed E-state index contributed by atoms with van der Waals surface area (Å²) in [5, 5.41) is 9.73. The van der Waals surface area contributed by atoms with E-state index in [-0.39, 0.29) is 17.4 Å². The van der Waals surface area contributed by atoms with Crippen molar-refractivity contribution >= 4 is 11.6 Å². The van der Waals surface area contributed by atoms with Crippen molar-refractivity contribution in [1.82, 2.24) is 0 Å². The molecule has 1 N–H and O–H groups in total. The number of fused-ring (bicyclic) bond motifs is 2. The highest BCUT2D eigenvalue weighted by molar-refractivity contribution is 5.94. The number of hydrogen-bond acceptors (Lipinski definition) is 1. The zero-order valence-electron chi connectivity index (χ0n) is 13.5. The number of phenolic OH excluding ortho intramolecular Hbond substituents is 1. The van der Waals surface area contributed by atoms with Gasteiger partial charge in [0.2, 0.25) is 0 Å². The van der Waals surface area contributed by atoms with Crippen LogP contribution in [0.4, 0.5) is 8.78 Å². The molecule has 1 nitrogen and oxygen atoms in total. The van der Waals surface area contributed by atoms with Crippen molar-refractivity contribution in [3.8, 4) is 5.75 Å². The molecule has 0 saturated heterocycles. The molecule has 3 aromatic carbocycles. The molecule has 3 aromatic rings. The summed E-state index contributed by atoms with van der Waals surface area (Å²) in [7, 11) is 0. The Balaban J connectivity index is 1.97. The molecule has 4 rings (SSSR count). The average Bonchev–Trinajstić information content (AvgIpc) is 2.72. The van der Waals surface area contributed by atoms with Gasteiger partial charge in [0.15, 0.2) is 0 Å². The minimum absolute atomic E-state index is 0.182. The van der Waals surface area contributed by atoms with E-state index in [0.29, 0.717) is 12.8 Å². The molecule has 1 aliphatic rings. The second-order valence-corrected chi connectivity index (χ2v) is 6.26. The summed E-state index contributed by atoms with van der Waals surface area (Å²) in [5.74, 6) is -0.359. The number of hydrogen-bond donors (Lipinski definition) is 1. The Morgan fingerprint density at radius 2 is 1.36 bits per heavy atom. The molecule has 0 spiro atoms. The van der Waals surface area contributed by atoms with Gasteiger partial charge in [0.25, 0.3) is 0 Å². The van der Waals surface area contributed by atoms with Gasteiger partial charge in [-0.05, 0) is 88.7 Å². The third-order valence-corrected chi connectivity index (χ3v) is 4.56. The summed E-state index contributed by atoms with van der Waals surface area (Å²) < 4.78 is 27.4. The molecule has 25 heavy (non-hydrogen) atoms. The van der Waals surface area contributed by atoms with Crippen LogP contribution in [-0.2, 0) is 12.8 Å². The minimum atomic E-state index is -0.271. The molecule has 0 unspecified atom stereocenters. The van der Waals surface area contributed by atoms with Crippen LogP contribution in [0.3, 0.4) is 0 Å². The first kappa shape index (κ1) is 15.6. The second-order valence-electron chi connectivity index (χ2n) is 6.26. The van der Waals surface area contributed by atoms with Gasteiger partial charge in [0.1, 0.15) is 17.4 Å². The van der Waals surface area contributed by atoms with Gasteiger partial charge in [-0.15, -0.1) is 0 Å². The SMILES string of the molecule is Oc1cccc(C=C2c3ccc(F)cc3CCc3cc(F)ccc32)c1. The zero-order chi connectivity index (χ0) is 17.4. The molecule has 0 bridgehead atoms. The molecule has 0 amide bonds. The lowest BCUT2D eigenvalue weighted by Gasteiger charge is -2.12. The van der Waals surface area contributed by atoms with Gasteiger partial charge in [0.05, 0.1) is 0 Å². The fourth-order valence-electron chi connectivity index (χ4n) is 3.41. The van der Waals surface area contributed by atoms with E-state index < -0.39 is 0 Å². The van der Waals surface area contributed by atoms with E-state index in [4.69, 9.17) is 0 Å². The molecule has 0 aromatic heterocycles. The fraction of sp³-hybridized carbons (Fsp3) is 0.0909. The normalized spacial score (nSPS) is 13.0. The van der Waals surface area contributed by atoms with Gasteiger partial charge in [0, 0.05) is 0 Å². The average molecular weight is 334 g/mol. The van der Waals surface area contributed by atoms with Crippen LogP contribution < -0.4 is 0 Å². The van der Waals surface area contributed by atoms with Crippen molar-refractivity contribution in [3.63, 3.8) is 0 Å². The second kappa shape index (κ2) is 6.17. The summed E-state index contributed by atoms with van der Waals surface area (Å²) in [6, 6.07) is 16.5. The maximum Gasteiger partial charge on any atom is 0.123 e. The van der Waals surface area contributed by atoms with Crippen LogP contribution in [0.2, 0.25) is 0 Å². The van der Waals surface area contributed by atoms with Crippen LogP contribution in [0.25, 0.3) is 11.6 Å². The number of benzene rings is 3. The van der Waals surface area contributed by atoms with E-state index in [1.54, 1.807) is 42.5 Å². The number of rotatable bonds is 1. The lowest BCUT2D eigenvalue weighted by Crippen LogP contribution is -1.94. The maximum absolute atomic E-state index is 13.7. The summed E-state index contributed by atoms with van der Waals surface area (Å²) >= 11 is 0. The summed E-state index contributed by atoms with van der Waals surface area (Å²) in [4.78, 5) is 0. The molecule has 0 aliphatic heterocycles. The Labute approximate surface area is 144 Å². The highest BCUT2D eigenvalue weighted by atomic mass is 19.1. The van der Waals surface area contributed by atoms with Crippen LogP contribution in [-0.4, -0.2) is 5.11 Å². The largest absolute Gasteiger partial charge is 0.508 e. The zero-order valence-corrected chi connectivity index (χ0v) is 13.5. The molecule has 1 aliphatic carbocycles. The first-order chi connectivity index (χ1) is 12.1. The van der Waals surface area contributed by atoms with Crippen molar-refractivity contribution in [2.45, 2.75) is 12.8 Å². The van der Waals surface area contributed by atoms with Crippen molar-refractivity contribution in [3.05, 3.63) is 100 Å². The predicted octanol–water partition coefficient (Wildman–Crippen LogP) is 5.36. The number of aromatic hydroxyl groups is 1. The highest BCUT2D eigenvalue weighted by Crippen LogP contribution is 2.35. The lowest BCUT2D eigenvalue weighted by molar-refractivity contribution is 0.475. The van der Waals surface area contributed by atoms with Crippen molar-refractivity contribution in [2.75, 3.05) is 0 Å². The van der Waals surface area contributed by atoms with Crippen LogP contribution >= 0.6 is 0 Å². The van der Waals surface area contributed by atoms with Gasteiger partial charge in [-0.2, -0.15) is 0 Å². The van der Waals surface area contributed by atoms with E-state index in [1.807, 2.05) is 12.1 Å². The topological polar surface area (TPSA) is 20.2 Å². The minimum Gasteiger partial charge on any atom is -0.508 e. The lowest BCUT2D eigenvalue weighted by atomic mass is 9.92. The number of aryl methyl sites for hydroxylation is 2. The van der Waals surface area contributed by atoms with Gasteiger partial charge in [-0.25, -0.2) is 8.78 Å². The summed E-state index contributed by atoms with van der Waals surface area (Å²) in [5.41, 5.74) is 5.44.